The molecule has 3 rings (SSSR count). The Labute approximate surface area is 170 Å². The van der Waals surface area contributed by atoms with Crippen LogP contribution in [0.15, 0.2) is 48.5 Å². The fourth-order valence-corrected chi connectivity index (χ4v) is 3.22. The summed E-state index contributed by atoms with van der Waals surface area (Å²) in [6.45, 7) is 5.62. The van der Waals surface area contributed by atoms with Gasteiger partial charge in [-0.3, -0.25) is 14.4 Å². The molecule has 0 aromatic heterocycles. The number of carbonyl (C=O) groups is 3. The Hall–Kier alpha value is -3.35. The Kier molecular flexibility index (Phi) is 6.16. The number of carbonyl (C=O) groups excluding carboxylic acids is 3. The van der Waals surface area contributed by atoms with Crippen molar-refractivity contribution in [2.75, 3.05) is 22.1 Å². The van der Waals surface area contributed by atoms with Gasteiger partial charge < -0.3 is 20.3 Å². The predicted octanol–water partition coefficient (Wildman–Crippen LogP) is 3.42. The molecule has 7 nitrogen and oxygen atoms in total. The quantitative estimate of drug-likeness (QED) is 0.784. The first-order valence-electron chi connectivity index (χ1n) is 9.57. The number of amides is 3. The van der Waals surface area contributed by atoms with Crippen molar-refractivity contribution < 1.29 is 19.1 Å². The van der Waals surface area contributed by atoms with Crippen LogP contribution in [-0.2, 0) is 14.4 Å². The first-order chi connectivity index (χ1) is 13.8. The topological polar surface area (TPSA) is 87.7 Å². The maximum Gasteiger partial charge on any atom is 0.229 e. The zero-order valence-corrected chi connectivity index (χ0v) is 16.8. The van der Waals surface area contributed by atoms with Crippen LogP contribution in [0.3, 0.4) is 0 Å². The fraction of sp³-hybridized carbons (Fsp3) is 0.318. The van der Waals surface area contributed by atoms with Crippen LogP contribution in [0.5, 0.6) is 5.75 Å². The SMILES string of the molecule is CC(=O)Nc1cccc(N2CC(C(=O)Nc3ccc(OC(C)C)cc3)CC2=O)c1. The summed E-state index contributed by atoms with van der Waals surface area (Å²) in [5.74, 6) is -0.211. The summed E-state index contributed by atoms with van der Waals surface area (Å²) in [6.07, 6.45) is 0.222. The van der Waals surface area contributed by atoms with E-state index in [2.05, 4.69) is 10.6 Å². The lowest BCUT2D eigenvalue weighted by Gasteiger charge is -2.18. The van der Waals surface area contributed by atoms with E-state index in [4.69, 9.17) is 4.74 Å². The number of anilines is 3. The van der Waals surface area contributed by atoms with Crippen molar-refractivity contribution in [3.63, 3.8) is 0 Å². The molecule has 1 fully saturated rings. The minimum atomic E-state index is -0.446. The van der Waals surface area contributed by atoms with E-state index in [1.165, 1.54) is 6.92 Å². The van der Waals surface area contributed by atoms with Crippen LogP contribution in [-0.4, -0.2) is 30.4 Å². The highest BCUT2D eigenvalue weighted by Gasteiger charge is 2.35. The summed E-state index contributed by atoms with van der Waals surface area (Å²) >= 11 is 0. The molecular weight excluding hydrogens is 370 g/mol. The number of hydrogen-bond donors (Lipinski definition) is 2. The number of ether oxygens (including phenoxy) is 1. The second-order valence-corrected chi connectivity index (χ2v) is 7.32. The van der Waals surface area contributed by atoms with Crippen molar-refractivity contribution in [2.24, 2.45) is 5.92 Å². The Balaban J connectivity index is 1.63. The molecule has 152 valence electrons. The van der Waals surface area contributed by atoms with Crippen molar-refractivity contribution in [3.8, 4) is 5.75 Å². The van der Waals surface area contributed by atoms with Gasteiger partial charge in [0, 0.05) is 37.0 Å². The second kappa shape index (κ2) is 8.77. The predicted molar refractivity (Wildman–Crippen MR) is 112 cm³/mol. The van der Waals surface area contributed by atoms with Gasteiger partial charge in [0.2, 0.25) is 17.7 Å². The third kappa shape index (κ3) is 5.34. The highest BCUT2D eigenvalue weighted by atomic mass is 16.5. The van der Waals surface area contributed by atoms with Gasteiger partial charge in [-0.05, 0) is 56.3 Å². The van der Waals surface area contributed by atoms with Crippen molar-refractivity contribution in [2.45, 2.75) is 33.3 Å². The maximum absolute atomic E-state index is 12.6. The average molecular weight is 395 g/mol. The van der Waals surface area contributed by atoms with Crippen LogP contribution in [0.2, 0.25) is 0 Å². The second-order valence-electron chi connectivity index (χ2n) is 7.32. The molecule has 1 unspecified atom stereocenters. The maximum atomic E-state index is 12.6. The summed E-state index contributed by atoms with van der Waals surface area (Å²) in [5.41, 5.74) is 1.93. The standard InChI is InChI=1S/C22H25N3O4/c1-14(2)29-20-9-7-17(8-10-20)24-22(28)16-11-21(27)25(13-16)19-6-4-5-18(12-19)23-15(3)26/h4-10,12,14,16H,11,13H2,1-3H3,(H,23,26)(H,24,28). The number of benzene rings is 2. The lowest BCUT2D eigenvalue weighted by atomic mass is 10.1. The molecule has 0 radical (unpaired) electrons. The Morgan fingerprint density at radius 3 is 2.45 bits per heavy atom. The van der Waals surface area contributed by atoms with E-state index in [9.17, 15) is 14.4 Å². The molecule has 1 aliphatic heterocycles. The first-order valence-corrected chi connectivity index (χ1v) is 9.57. The van der Waals surface area contributed by atoms with Gasteiger partial charge in [-0.15, -0.1) is 0 Å². The van der Waals surface area contributed by atoms with E-state index in [0.29, 0.717) is 23.6 Å². The molecule has 29 heavy (non-hydrogen) atoms. The molecule has 2 N–H and O–H groups in total. The Morgan fingerprint density at radius 2 is 1.79 bits per heavy atom. The minimum Gasteiger partial charge on any atom is -0.491 e. The summed E-state index contributed by atoms with van der Waals surface area (Å²) < 4.78 is 5.59. The molecule has 7 heteroatoms. The Bertz CT molecular complexity index is 909. The third-order valence-corrected chi connectivity index (χ3v) is 4.47. The molecule has 1 heterocycles. The van der Waals surface area contributed by atoms with Crippen LogP contribution < -0.4 is 20.3 Å². The van der Waals surface area contributed by atoms with Crippen molar-refractivity contribution in [3.05, 3.63) is 48.5 Å². The lowest BCUT2D eigenvalue weighted by molar-refractivity contribution is -0.122. The molecule has 1 aliphatic rings. The van der Waals surface area contributed by atoms with Gasteiger partial charge in [-0.2, -0.15) is 0 Å². The van der Waals surface area contributed by atoms with Crippen molar-refractivity contribution >= 4 is 34.8 Å². The summed E-state index contributed by atoms with van der Waals surface area (Å²) in [5, 5.41) is 5.56. The summed E-state index contributed by atoms with van der Waals surface area (Å²) in [6, 6.07) is 14.2. The van der Waals surface area contributed by atoms with Crippen molar-refractivity contribution in [1.29, 1.82) is 0 Å². The number of rotatable bonds is 6. The van der Waals surface area contributed by atoms with E-state index >= 15 is 0 Å². The van der Waals surface area contributed by atoms with Gasteiger partial charge in [0.1, 0.15) is 5.75 Å². The molecule has 0 saturated carbocycles. The highest BCUT2D eigenvalue weighted by molar-refractivity contribution is 6.04. The van der Waals surface area contributed by atoms with Crippen LogP contribution in [0.4, 0.5) is 17.1 Å². The van der Waals surface area contributed by atoms with Crippen LogP contribution in [0.1, 0.15) is 27.2 Å². The summed E-state index contributed by atoms with van der Waals surface area (Å²) in [4.78, 5) is 37.9. The molecule has 1 atom stereocenters. The molecule has 2 aromatic carbocycles. The molecule has 0 bridgehead atoms. The number of nitrogens with zero attached hydrogens (tertiary/aromatic N) is 1. The largest absolute Gasteiger partial charge is 0.491 e. The molecule has 2 aromatic rings. The van der Waals surface area contributed by atoms with Gasteiger partial charge in [0.25, 0.3) is 0 Å². The third-order valence-electron chi connectivity index (χ3n) is 4.47. The van der Waals surface area contributed by atoms with E-state index in [-0.39, 0.29) is 30.2 Å². The van der Waals surface area contributed by atoms with E-state index in [1.54, 1.807) is 53.4 Å². The fourth-order valence-electron chi connectivity index (χ4n) is 3.22. The average Bonchev–Trinajstić information content (AvgIpc) is 3.04. The van der Waals surface area contributed by atoms with Gasteiger partial charge >= 0.3 is 0 Å². The van der Waals surface area contributed by atoms with E-state index < -0.39 is 5.92 Å². The number of hydrogen-bond acceptors (Lipinski definition) is 4. The van der Waals surface area contributed by atoms with Crippen LogP contribution >= 0.6 is 0 Å². The monoisotopic (exact) mass is 395 g/mol. The van der Waals surface area contributed by atoms with E-state index in [0.717, 1.165) is 5.75 Å². The lowest BCUT2D eigenvalue weighted by Crippen LogP contribution is -2.28. The molecule has 3 amide bonds. The van der Waals surface area contributed by atoms with E-state index in [1.807, 2.05) is 13.8 Å². The van der Waals surface area contributed by atoms with Gasteiger partial charge in [0.15, 0.2) is 0 Å². The summed E-state index contributed by atoms with van der Waals surface area (Å²) in [7, 11) is 0. The van der Waals surface area contributed by atoms with Crippen LogP contribution in [0.25, 0.3) is 0 Å². The van der Waals surface area contributed by atoms with Crippen molar-refractivity contribution in [1.82, 2.24) is 0 Å². The van der Waals surface area contributed by atoms with Gasteiger partial charge in [0.05, 0.1) is 12.0 Å². The zero-order valence-electron chi connectivity index (χ0n) is 16.8. The highest BCUT2D eigenvalue weighted by Crippen LogP contribution is 2.28. The smallest absolute Gasteiger partial charge is 0.229 e. The molecule has 0 aliphatic carbocycles. The minimum absolute atomic E-state index is 0.0788. The molecule has 0 spiro atoms. The normalized spacial score (nSPS) is 16.1. The number of nitrogens with one attached hydrogen (secondary N) is 2. The van der Waals surface area contributed by atoms with Gasteiger partial charge in [-0.1, -0.05) is 6.07 Å². The van der Waals surface area contributed by atoms with Crippen LogP contribution in [0, 0.1) is 5.92 Å². The molecule has 1 saturated heterocycles. The zero-order chi connectivity index (χ0) is 21.0. The Morgan fingerprint density at radius 1 is 1.07 bits per heavy atom. The van der Waals surface area contributed by atoms with Gasteiger partial charge in [-0.25, -0.2) is 0 Å². The molecular formula is C22H25N3O4. The first kappa shape index (κ1) is 20.4.